The molecule has 0 spiro atoms. The summed E-state index contributed by atoms with van der Waals surface area (Å²) in [5, 5.41) is 0. The lowest BCUT2D eigenvalue weighted by molar-refractivity contribution is 0.505. The molecular weight excluding hydrogens is 226 g/mol. The zero-order valence-corrected chi connectivity index (χ0v) is 10.8. The van der Waals surface area contributed by atoms with E-state index in [1.165, 1.54) is 5.56 Å². The molecule has 2 rings (SSSR count). The molecule has 0 aliphatic rings. The number of hydrazine groups is 1. The van der Waals surface area contributed by atoms with Gasteiger partial charge in [0.2, 0.25) is 0 Å². The van der Waals surface area contributed by atoms with Crippen molar-refractivity contribution in [3.8, 4) is 0 Å². The van der Waals surface area contributed by atoms with E-state index in [2.05, 4.69) is 21.5 Å². The highest BCUT2D eigenvalue weighted by Crippen LogP contribution is 2.18. The maximum atomic E-state index is 5.63. The molecule has 0 radical (unpaired) electrons. The number of hydrogen-bond donors (Lipinski definition) is 2. The molecule has 2 aromatic rings. The Morgan fingerprint density at radius 1 is 1.39 bits per heavy atom. The third-order valence-corrected chi connectivity index (χ3v) is 3.10. The SMILES string of the molecule is Cc1cc(C(CCc2nccn2C)NN)ccn1. The molecule has 18 heavy (non-hydrogen) atoms. The van der Waals surface area contributed by atoms with Crippen molar-refractivity contribution in [3.63, 3.8) is 0 Å². The fraction of sp³-hybridized carbons (Fsp3) is 0.385. The van der Waals surface area contributed by atoms with E-state index in [-0.39, 0.29) is 6.04 Å². The molecule has 3 N–H and O–H groups in total. The quantitative estimate of drug-likeness (QED) is 0.614. The van der Waals surface area contributed by atoms with Crippen molar-refractivity contribution < 1.29 is 0 Å². The average Bonchev–Trinajstić information content (AvgIpc) is 2.76. The molecule has 0 amide bonds. The third kappa shape index (κ3) is 2.94. The van der Waals surface area contributed by atoms with Gasteiger partial charge in [-0.3, -0.25) is 16.3 Å². The van der Waals surface area contributed by atoms with Crippen LogP contribution in [-0.4, -0.2) is 14.5 Å². The van der Waals surface area contributed by atoms with Crippen LogP contribution >= 0.6 is 0 Å². The number of nitrogens with zero attached hydrogens (tertiary/aromatic N) is 3. The van der Waals surface area contributed by atoms with Gasteiger partial charge in [-0.15, -0.1) is 0 Å². The van der Waals surface area contributed by atoms with E-state index in [1.807, 2.05) is 43.2 Å². The van der Waals surface area contributed by atoms with Crippen LogP contribution in [0.2, 0.25) is 0 Å². The molecule has 1 atom stereocenters. The normalized spacial score (nSPS) is 12.6. The number of rotatable bonds is 5. The van der Waals surface area contributed by atoms with E-state index in [0.29, 0.717) is 0 Å². The van der Waals surface area contributed by atoms with Gasteiger partial charge in [-0.1, -0.05) is 0 Å². The monoisotopic (exact) mass is 245 g/mol. The van der Waals surface area contributed by atoms with Crippen molar-refractivity contribution in [2.75, 3.05) is 0 Å². The molecule has 1 unspecified atom stereocenters. The Kier molecular flexibility index (Phi) is 4.07. The topological polar surface area (TPSA) is 68.8 Å². The molecule has 0 aliphatic heterocycles. The fourth-order valence-electron chi connectivity index (χ4n) is 2.04. The first-order valence-electron chi connectivity index (χ1n) is 6.05. The molecule has 96 valence electrons. The Hall–Kier alpha value is -1.72. The van der Waals surface area contributed by atoms with Crippen molar-refractivity contribution in [3.05, 3.63) is 47.8 Å². The molecule has 0 saturated heterocycles. The smallest absolute Gasteiger partial charge is 0.108 e. The Bertz CT molecular complexity index is 506. The lowest BCUT2D eigenvalue weighted by atomic mass is 10.0. The van der Waals surface area contributed by atoms with Crippen molar-refractivity contribution in [2.45, 2.75) is 25.8 Å². The largest absolute Gasteiger partial charge is 0.338 e. The van der Waals surface area contributed by atoms with Gasteiger partial charge in [0.1, 0.15) is 5.82 Å². The van der Waals surface area contributed by atoms with E-state index in [0.717, 1.165) is 24.4 Å². The van der Waals surface area contributed by atoms with Gasteiger partial charge in [0.15, 0.2) is 0 Å². The Morgan fingerprint density at radius 2 is 2.22 bits per heavy atom. The highest BCUT2D eigenvalue weighted by atomic mass is 15.2. The Labute approximate surface area is 107 Å². The van der Waals surface area contributed by atoms with Crippen LogP contribution in [0.3, 0.4) is 0 Å². The van der Waals surface area contributed by atoms with Crippen molar-refractivity contribution in [1.29, 1.82) is 0 Å². The van der Waals surface area contributed by atoms with Crippen molar-refractivity contribution in [1.82, 2.24) is 20.0 Å². The third-order valence-electron chi connectivity index (χ3n) is 3.10. The summed E-state index contributed by atoms with van der Waals surface area (Å²) in [5.41, 5.74) is 5.03. The minimum Gasteiger partial charge on any atom is -0.338 e. The number of pyridine rings is 1. The lowest BCUT2D eigenvalue weighted by Crippen LogP contribution is -2.28. The zero-order chi connectivity index (χ0) is 13.0. The first-order valence-corrected chi connectivity index (χ1v) is 6.05. The van der Waals surface area contributed by atoms with Crippen LogP contribution in [0.15, 0.2) is 30.7 Å². The molecule has 2 heterocycles. The molecule has 0 bridgehead atoms. The summed E-state index contributed by atoms with van der Waals surface area (Å²) in [5.74, 6) is 6.71. The number of nitrogens with two attached hydrogens (primary N) is 1. The minimum absolute atomic E-state index is 0.128. The Balaban J connectivity index is 2.04. The second kappa shape index (κ2) is 5.75. The van der Waals surface area contributed by atoms with Gasteiger partial charge in [0.05, 0.1) is 0 Å². The van der Waals surface area contributed by atoms with Crippen LogP contribution in [-0.2, 0) is 13.5 Å². The summed E-state index contributed by atoms with van der Waals surface area (Å²) in [7, 11) is 2.00. The molecule has 5 heteroatoms. The lowest BCUT2D eigenvalue weighted by Gasteiger charge is -2.16. The number of aromatic nitrogens is 3. The highest BCUT2D eigenvalue weighted by Gasteiger charge is 2.11. The van der Waals surface area contributed by atoms with Gasteiger partial charge in [-0.05, 0) is 31.0 Å². The molecule has 0 saturated carbocycles. The number of nitrogens with one attached hydrogen (secondary N) is 1. The second-order valence-electron chi connectivity index (χ2n) is 4.44. The van der Waals surface area contributed by atoms with Gasteiger partial charge < -0.3 is 4.57 Å². The number of aryl methyl sites for hydroxylation is 3. The maximum absolute atomic E-state index is 5.63. The highest BCUT2D eigenvalue weighted by molar-refractivity contribution is 5.19. The first-order chi connectivity index (χ1) is 8.70. The summed E-state index contributed by atoms with van der Waals surface area (Å²) in [6, 6.07) is 4.18. The number of imidazole rings is 1. The van der Waals surface area contributed by atoms with Crippen LogP contribution in [0, 0.1) is 6.92 Å². The molecule has 0 fully saturated rings. The zero-order valence-electron chi connectivity index (χ0n) is 10.8. The standard InChI is InChI=1S/C13H19N5/c1-10-9-11(5-6-15-10)12(17-14)3-4-13-16-7-8-18(13)2/h5-9,12,17H,3-4,14H2,1-2H3. The van der Waals surface area contributed by atoms with Crippen LogP contribution in [0.5, 0.6) is 0 Å². The molecule has 0 aromatic carbocycles. The summed E-state index contributed by atoms with van der Waals surface area (Å²) in [4.78, 5) is 8.51. The maximum Gasteiger partial charge on any atom is 0.108 e. The van der Waals surface area contributed by atoms with Crippen LogP contribution in [0.1, 0.15) is 29.5 Å². The van der Waals surface area contributed by atoms with E-state index >= 15 is 0 Å². The van der Waals surface area contributed by atoms with Crippen LogP contribution < -0.4 is 11.3 Å². The van der Waals surface area contributed by atoms with Crippen LogP contribution in [0.25, 0.3) is 0 Å². The molecule has 0 aliphatic carbocycles. The summed E-state index contributed by atoms with van der Waals surface area (Å²) in [6.45, 7) is 1.98. The van der Waals surface area contributed by atoms with Crippen molar-refractivity contribution >= 4 is 0 Å². The second-order valence-corrected chi connectivity index (χ2v) is 4.44. The predicted molar refractivity (Wildman–Crippen MR) is 70.6 cm³/mol. The van der Waals surface area contributed by atoms with E-state index in [4.69, 9.17) is 5.84 Å². The summed E-state index contributed by atoms with van der Waals surface area (Å²) < 4.78 is 2.03. The fourth-order valence-corrected chi connectivity index (χ4v) is 2.04. The summed E-state index contributed by atoms with van der Waals surface area (Å²) in [6.07, 6.45) is 7.38. The molecule has 5 nitrogen and oxygen atoms in total. The average molecular weight is 245 g/mol. The van der Waals surface area contributed by atoms with Gasteiger partial charge in [-0.2, -0.15) is 0 Å². The van der Waals surface area contributed by atoms with Crippen molar-refractivity contribution in [2.24, 2.45) is 12.9 Å². The van der Waals surface area contributed by atoms with Gasteiger partial charge in [0.25, 0.3) is 0 Å². The van der Waals surface area contributed by atoms with Gasteiger partial charge in [0, 0.05) is 43.8 Å². The first kappa shape index (κ1) is 12.7. The van der Waals surface area contributed by atoms with E-state index in [1.54, 1.807) is 0 Å². The van der Waals surface area contributed by atoms with Gasteiger partial charge in [-0.25, -0.2) is 4.98 Å². The minimum atomic E-state index is 0.128. The van der Waals surface area contributed by atoms with E-state index in [9.17, 15) is 0 Å². The molecule has 2 aromatic heterocycles. The van der Waals surface area contributed by atoms with E-state index < -0.39 is 0 Å². The Morgan fingerprint density at radius 3 is 2.83 bits per heavy atom. The van der Waals surface area contributed by atoms with Gasteiger partial charge >= 0.3 is 0 Å². The predicted octanol–water partition coefficient (Wildman–Crippen LogP) is 1.26. The van der Waals surface area contributed by atoms with Crippen LogP contribution in [0.4, 0.5) is 0 Å². The summed E-state index contributed by atoms with van der Waals surface area (Å²) >= 11 is 0. The molecular formula is C13H19N5. The number of hydrogen-bond acceptors (Lipinski definition) is 4.